The van der Waals surface area contributed by atoms with Crippen LogP contribution in [0.4, 0.5) is 0 Å². The molecule has 0 heterocycles. The van der Waals surface area contributed by atoms with E-state index in [0.717, 1.165) is 6.42 Å². The maximum atomic E-state index is 10.8. The number of amides is 1. The molecule has 0 spiro atoms. The first kappa shape index (κ1) is 17.1. The van der Waals surface area contributed by atoms with Crippen LogP contribution in [0.5, 0.6) is 0 Å². The molecule has 0 radical (unpaired) electrons. The maximum absolute atomic E-state index is 10.8. The molecule has 0 fully saturated rings. The minimum absolute atomic E-state index is 0.00463. The molecule has 0 saturated carbocycles. The van der Waals surface area contributed by atoms with E-state index in [9.17, 15) is 9.59 Å². The third-order valence-electron chi connectivity index (χ3n) is 1.69. The van der Waals surface area contributed by atoms with Gasteiger partial charge in [0, 0.05) is 26.8 Å². The smallest absolute Gasteiger partial charge is 0.216 e. The van der Waals surface area contributed by atoms with Gasteiger partial charge in [-0.2, -0.15) is 0 Å². The van der Waals surface area contributed by atoms with Gasteiger partial charge in [0.15, 0.2) is 0 Å². The molecule has 0 aromatic rings. The first-order chi connectivity index (χ1) is 7.43. The van der Waals surface area contributed by atoms with Gasteiger partial charge in [0.05, 0.1) is 12.4 Å². The lowest BCUT2D eigenvalue weighted by molar-refractivity contribution is -0.119. The Balaban J connectivity index is 0. The molecule has 16 heavy (non-hydrogen) atoms. The number of allylic oxidation sites excluding steroid dienone is 1. The zero-order valence-electron chi connectivity index (χ0n) is 10.8. The second-order valence-corrected chi connectivity index (χ2v) is 3.35. The maximum Gasteiger partial charge on any atom is 0.216 e. The molecule has 4 heteroatoms. The summed E-state index contributed by atoms with van der Waals surface area (Å²) >= 11 is 0. The molecule has 0 rings (SSSR count). The Kier molecular flexibility index (Phi) is 12.6. The molecule has 4 nitrogen and oxygen atoms in total. The molecule has 0 aromatic heterocycles. The summed E-state index contributed by atoms with van der Waals surface area (Å²) in [4.78, 5) is 20.5. The van der Waals surface area contributed by atoms with Gasteiger partial charge in [-0.1, -0.05) is 13.5 Å². The van der Waals surface area contributed by atoms with Crippen molar-refractivity contribution in [3.05, 3.63) is 12.3 Å². The average Bonchev–Trinajstić information content (AvgIpc) is 2.24. The Morgan fingerprint density at radius 1 is 1.31 bits per heavy atom. The fraction of sp³-hybridized carbons (Fsp3) is 0.667. The molecule has 0 aliphatic carbocycles. The van der Waals surface area contributed by atoms with Crippen LogP contribution >= 0.6 is 0 Å². The number of carbonyl (C=O) groups is 2. The highest BCUT2D eigenvalue weighted by Gasteiger charge is 1.96. The summed E-state index contributed by atoms with van der Waals surface area (Å²) in [5.74, 6) is 1.02. The molecule has 1 amide bonds. The van der Waals surface area contributed by atoms with Crippen molar-refractivity contribution in [3.8, 4) is 0 Å². The number of ether oxygens (including phenoxy) is 1. The molecule has 0 aliphatic heterocycles. The summed E-state index contributed by atoms with van der Waals surface area (Å²) in [7, 11) is 1.60. The zero-order chi connectivity index (χ0) is 13.0. The fourth-order valence-corrected chi connectivity index (χ4v) is 0.693. The van der Waals surface area contributed by atoms with E-state index in [1.54, 1.807) is 7.05 Å². The van der Waals surface area contributed by atoms with Crippen molar-refractivity contribution >= 4 is 11.7 Å². The number of carbonyl (C=O) groups excluding carboxylic acids is 2. The Hall–Kier alpha value is -1.32. The summed E-state index contributed by atoms with van der Waals surface area (Å²) in [5, 5.41) is 2.39. The minimum atomic E-state index is 0.00463. The Morgan fingerprint density at radius 3 is 2.12 bits per heavy atom. The summed E-state index contributed by atoms with van der Waals surface area (Å²) in [5.41, 5.74) is 0. The molecule has 1 N–H and O–H groups in total. The Labute approximate surface area is 98.1 Å². The Bertz CT molecular complexity index is 224. The van der Waals surface area contributed by atoms with Gasteiger partial charge in [0.1, 0.15) is 5.78 Å². The highest BCUT2D eigenvalue weighted by atomic mass is 16.5. The van der Waals surface area contributed by atoms with Crippen LogP contribution in [0.3, 0.4) is 0 Å². The van der Waals surface area contributed by atoms with Gasteiger partial charge in [-0.25, -0.2) is 0 Å². The van der Waals surface area contributed by atoms with Gasteiger partial charge >= 0.3 is 0 Å². The van der Waals surface area contributed by atoms with E-state index in [2.05, 4.69) is 11.9 Å². The molecule has 0 aromatic carbocycles. The summed E-state index contributed by atoms with van der Waals surface area (Å²) in [6, 6.07) is 0. The third-order valence-corrected chi connectivity index (χ3v) is 1.69. The van der Waals surface area contributed by atoms with E-state index >= 15 is 0 Å². The zero-order valence-corrected chi connectivity index (χ0v) is 10.8. The predicted octanol–water partition coefficient (Wildman–Crippen LogP) is 2.05. The highest BCUT2D eigenvalue weighted by Crippen LogP contribution is 1.98. The normalized spacial score (nSPS) is 8.50. The van der Waals surface area contributed by atoms with Gasteiger partial charge in [-0.05, 0) is 13.3 Å². The third kappa shape index (κ3) is 18.5. The van der Waals surface area contributed by atoms with Crippen LogP contribution < -0.4 is 5.32 Å². The van der Waals surface area contributed by atoms with Crippen molar-refractivity contribution in [2.45, 2.75) is 40.0 Å². The van der Waals surface area contributed by atoms with Crippen LogP contribution in [0, 0.1) is 0 Å². The topological polar surface area (TPSA) is 55.4 Å². The van der Waals surface area contributed by atoms with E-state index in [-0.39, 0.29) is 5.91 Å². The van der Waals surface area contributed by atoms with Crippen molar-refractivity contribution in [2.24, 2.45) is 0 Å². The van der Waals surface area contributed by atoms with Gasteiger partial charge in [-0.15, -0.1) is 0 Å². The lowest BCUT2D eigenvalue weighted by Gasteiger charge is -2.02. The Morgan fingerprint density at radius 2 is 1.81 bits per heavy atom. The van der Waals surface area contributed by atoms with Crippen LogP contribution in [0.25, 0.3) is 0 Å². The van der Waals surface area contributed by atoms with E-state index in [1.165, 1.54) is 6.92 Å². The lowest BCUT2D eigenvalue weighted by Crippen LogP contribution is -2.11. The summed E-state index contributed by atoms with van der Waals surface area (Å²) < 4.78 is 5.09. The van der Waals surface area contributed by atoms with Crippen LogP contribution in [-0.2, 0) is 14.3 Å². The second-order valence-electron chi connectivity index (χ2n) is 3.35. The van der Waals surface area contributed by atoms with Crippen LogP contribution in [0.2, 0.25) is 0 Å². The van der Waals surface area contributed by atoms with Crippen molar-refractivity contribution in [1.29, 1.82) is 0 Å². The van der Waals surface area contributed by atoms with Gasteiger partial charge in [0.2, 0.25) is 5.91 Å². The van der Waals surface area contributed by atoms with Gasteiger partial charge in [0.25, 0.3) is 0 Å². The molecule has 0 unspecified atom stereocenters. The second kappa shape index (κ2) is 11.8. The molecule has 0 saturated heterocycles. The predicted molar refractivity (Wildman–Crippen MR) is 65.0 cm³/mol. The van der Waals surface area contributed by atoms with Crippen LogP contribution in [0.15, 0.2) is 12.3 Å². The number of hydrogen-bond donors (Lipinski definition) is 1. The SMILES string of the molecule is C=C(C)OCCCC(=O)CC.CNC(C)=O. The summed E-state index contributed by atoms with van der Waals surface area (Å²) in [6.45, 7) is 9.35. The van der Waals surface area contributed by atoms with Crippen molar-refractivity contribution in [2.75, 3.05) is 13.7 Å². The van der Waals surface area contributed by atoms with E-state index < -0.39 is 0 Å². The highest BCUT2D eigenvalue weighted by molar-refractivity contribution is 5.77. The molecule has 0 bridgehead atoms. The standard InChI is InChI=1S/C9H16O2.C3H7NO/c1-4-9(10)6-5-7-11-8(2)3;1-3(5)4-2/h2,4-7H2,1,3H3;1-2H3,(H,4,5). The quantitative estimate of drug-likeness (QED) is 0.560. The van der Waals surface area contributed by atoms with Crippen molar-refractivity contribution < 1.29 is 14.3 Å². The molecular formula is C12H23NO3. The number of Topliss-reactive ketones (excluding diaryl/α,β-unsaturated/α-hetero) is 1. The molecule has 0 aliphatic rings. The van der Waals surface area contributed by atoms with Crippen molar-refractivity contribution in [1.82, 2.24) is 5.32 Å². The molecular weight excluding hydrogens is 206 g/mol. The lowest BCUT2D eigenvalue weighted by atomic mass is 10.2. The number of nitrogens with one attached hydrogen (secondary N) is 1. The monoisotopic (exact) mass is 229 g/mol. The number of hydrogen-bond acceptors (Lipinski definition) is 3. The van der Waals surface area contributed by atoms with Crippen molar-refractivity contribution in [3.63, 3.8) is 0 Å². The molecule has 0 atom stereocenters. The summed E-state index contributed by atoms with van der Waals surface area (Å²) in [6.07, 6.45) is 2.07. The number of ketones is 1. The van der Waals surface area contributed by atoms with E-state index in [4.69, 9.17) is 4.74 Å². The minimum Gasteiger partial charge on any atom is -0.499 e. The van der Waals surface area contributed by atoms with E-state index in [0.29, 0.717) is 31.0 Å². The van der Waals surface area contributed by atoms with Gasteiger partial charge in [-0.3, -0.25) is 9.59 Å². The number of rotatable bonds is 6. The van der Waals surface area contributed by atoms with E-state index in [1.807, 2.05) is 13.8 Å². The fourth-order valence-electron chi connectivity index (χ4n) is 0.693. The van der Waals surface area contributed by atoms with Gasteiger partial charge < -0.3 is 10.1 Å². The average molecular weight is 229 g/mol. The largest absolute Gasteiger partial charge is 0.499 e. The molecule has 94 valence electrons. The van der Waals surface area contributed by atoms with Crippen LogP contribution in [-0.4, -0.2) is 25.3 Å². The first-order valence-electron chi connectivity index (χ1n) is 5.42. The van der Waals surface area contributed by atoms with Crippen LogP contribution in [0.1, 0.15) is 40.0 Å². The first-order valence-corrected chi connectivity index (χ1v) is 5.42.